The quantitative estimate of drug-likeness (QED) is 0.840. The number of anilines is 1. The van der Waals surface area contributed by atoms with Crippen molar-refractivity contribution in [2.24, 2.45) is 10.7 Å². The van der Waals surface area contributed by atoms with E-state index in [0.717, 1.165) is 31.7 Å². The minimum Gasteiger partial charge on any atom is -0.375 e. The molecule has 2 heterocycles. The first-order chi connectivity index (χ1) is 9.03. The van der Waals surface area contributed by atoms with Crippen LogP contribution in [0.25, 0.3) is 0 Å². The Hall–Kier alpha value is -1.55. The number of nitrogens with zero attached hydrogens (tertiary/aromatic N) is 2. The van der Waals surface area contributed by atoms with Gasteiger partial charge in [0.15, 0.2) is 5.96 Å². The summed E-state index contributed by atoms with van der Waals surface area (Å²) in [5.41, 5.74) is 7.12. The lowest BCUT2D eigenvalue weighted by atomic mass is 9.80. The Morgan fingerprint density at radius 1 is 1.26 bits per heavy atom. The van der Waals surface area contributed by atoms with E-state index >= 15 is 0 Å². The molecule has 2 aliphatic heterocycles. The molecule has 0 aliphatic carbocycles. The number of aliphatic imine (C=N–C) groups is 1. The molecule has 102 valence electrons. The van der Waals surface area contributed by atoms with Crippen LogP contribution in [0.1, 0.15) is 26.7 Å². The van der Waals surface area contributed by atoms with Crippen LogP contribution < -0.4 is 10.6 Å². The summed E-state index contributed by atoms with van der Waals surface area (Å²) in [6, 6.07) is 10.3. The van der Waals surface area contributed by atoms with E-state index in [9.17, 15) is 0 Å². The minimum atomic E-state index is -0.120. The van der Waals surface area contributed by atoms with Crippen LogP contribution in [-0.2, 0) is 4.74 Å². The molecular formula is C15H21N3O. The second-order valence-electron chi connectivity index (χ2n) is 6.10. The molecule has 0 amide bonds. The van der Waals surface area contributed by atoms with Crippen molar-refractivity contribution in [3.8, 4) is 0 Å². The maximum absolute atomic E-state index is 6.14. The van der Waals surface area contributed by atoms with Gasteiger partial charge in [-0.2, -0.15) is 0 Å². The zero-order chi connectivity index (χ0) is 13.5. The monoisotopic (exact) mass is 259 g/mol. The molecule has 4 nitrogen and oxygen atoms in total. The van der Waals surface area contributed by atoms with Gasteiger partial charge in [0.1, 0.15) is 0 Å². The lowest BCUT2D eigenvalue weighted by Gasteiger charge is -2.47. The summed E-state index contributed by atoms with van der Waals surface area (Å²) >= 11 is 0. The molecule has 1 spiro atoms. The third-order valence-electron chi connectivity index (χ3n) is 4.07. The Bertz CT molecular complexity index is 497. The summed E-state index contributed by atoms with van der Waals surface area (Å²) in [6.45, 7) is 5.82. The first-order valence-electron chi connectivity index (χ1n) is 6.82. The molecule has 1 aromatic carbocycles. The van der Waals surface area contributed by atoms with Gasteiger partial charge in [0.2, 0.25) is 0 Å². The van der Waals surface area contributed by atoms with Crippen molar-refractivity contribution in [3.63, 3.8) is 0 Å². The zero-order valence-electron chi connectivity index (χ0n) is 11.6. The standard InChI is InChI=1S/C15H21N3O/c1-14(2)10-15(8-9-19-14)11-17-13(16)18(15)12-6-4-3-5-7-12/h3-7H,8-11H2,1-2H3,(H2,16,17). The molecule has 1 fully saturated rings. The van der Waals surface area contributed by atoms with Crippen LogP contribution in [0.4, 0.5) is 5.69 Å². The maximum atomic E-state index is 6.14. The van der Waals surface area contributed by atoms with Gasteiger partial charge in [-0.05, 0) is 32.4 Å². The van der Waals surface area contributed by atoms with Crippen molar-refractivity contribution in [2.45, 2.75) is 37.8 Å². The van der Waals surface area contributed by atoms with Gasteiger partial charge < -0.3 is 15.4 Å². The molecule has 0 bridgehead atoms. The van der Waals surface area contributed by atoms with Crippen molar-refractivity contribution in [1.82, 2.24) is 0 Å². The fraction of sp³-hybridized carbons (Fsp3) is 0.533. The Morgan fingerprint density at radius 3 is 2.68 bits per heavy atom. The van der Waals surface area contributed by atoms with Crippen molar-refractivity contribution >= 4 is 11.6 Å². The summed E-state index contributed by atoms with van der Waals surface area (Å²) in [7, 11) is 0. The van der Waals surface area contributed by atoms with Gasteiger partial charge in [-0.3, -0.25) is 4.99 Å². The Morgan fingerprint density at radius 2 is 2.00 bits per heavy atom. The number of hydrogen-bond acceptors (Lipinski definition) is 4. The van der Waals surface area contributed by atoms with Gasteiger partial charge in [0, 0.05) is 18.7 Å². The Kier molecular flexibility index (Phi) is 2.78. The summed E-state index contributed by atoms with van der Waals surface area (Å²) < 4.78 is 5.85. The van der Waals surface area contributed by atoms with Crippen molar-refractivity contribution in [1.29, 1.82) is 0 Å². The number of benzene rings is 1. The summed E-state index contributed by atoms with van der Waals surface area (Å²) in [5, 5.41) is 0. The second kappa shape index (κ2) is 4.23. The van der Waals surface area contributed by atoms with Gasteiger partial charge in [-0.25, -0.2) is 0 Å². The third kappa shape index (κ3) is 2.10. The van der Waals surface area contributed by atoms with Crippen LogP contribution >= 0.6 is 0 Å². The topological polar surface area (TPSA) is 50.9 Å². The molecule has 2 aliphatic rings. The van der Waals surface area contributed by atoms with Crippen molar-refractivity contribution in [3.05, 3.63) is 30.3 Å². The summed E-state index contributed by atoms with van der Waals surface area (Å²) in [4.78, 5) is 6.71. The summed E-state index contributed by atoms with van der Waals surface area (Å²) in [6.07, 6.45) is 1.91. The van der Waals surface area contributed by atoms with Crippen LogP contribution in [0.2, 0.25) is 0 Å². The molecule has 0 radical (unpaired) electrons. The minimum absolute atomic E-state index is 0.0206. The van der Waals surface area contributed by atoms with E-state index in [-0.39, 0.29) is 11.1 Å². The largest absolute Gasteiger partial charge is 0.375 e. The normalized spacial score (nSPS) is 29.6. The highest BCUT2D eigenvalue weighted by atomic mass is 16.5. The third-order valence-corrected chi connectivity index (χ3v) is 4.07. The van der Waals surface area contributed by atoms with Gasteiger partial charge in [0.05, 0.1) is 17.7 Å². The van der Waals surface area contributed by atoms with E-state index in [4.69, 9.17) is 10.5 Å². The van der Waals surface area contributed by atoms with Gasteiger partial charge in [-0.15, -0.1) is 0 Å². The highest BCUT2D eigenvalue weighted by Gasteiger charge is 2.49. The van der Waals surface area contributed by atoms with Crippen LogP contribution in [-0.4, -0.2) is 30.3 Å². The lowest BCUT2D eigenvalue weighted by Crippen LogP contribution is -2.58. The van der Waals surface area contributed by atoms with E-state index in [1.54, 1.807) is 0 Å². The average Bonchev–Trinajstić information content (AvgIpc) is 2.66. The number of ether oxygens (including phenoxy) is 1. The van der Waals surface area contributed by atoms with E-state index in [2.05, 4.69) is 35.9 Å². The molecule has 1 saturated heterocycles. The fourth-order valence-electron chi connectivity index (χ4n) is 3.37. The van der Waals surface area contributed by atoms with E-state index in [0.29, 0.717) is 5.96 Å². The lowest BCUT2D eigenvalue weighted by molar-refractivity contribution is -0.0757. The number of nitrogens with two attached hydrogens (primary N) is 1. The van der Waals surface area contributed by atoms with Crippen LogP contribution in [0, 0.1) is 0 Å². The smallest absolute Gasteiger partial charge is 0.196 e. The van der Waals surface area contributed by atoms with Crippen molar-refractivity contribution in [2.75, 3.05) is 18.1 Å². The molecule has 1 aromatic rings. The predicted octanol–water partition coefficient (Wildman–Crippen LogP) is 2.15. The van der Waals surface area contributed by atoms with E-state index in [1.807, 2.05) is 18.2 Å². The average molecular weight is 259 g/mol. The predicted molar refractivity (Wildman–Crippen MR) is 77.4 cm³/mol. The van der Waals surface area contributed by atoms with Crippen LogP contribution in [0.15, 0.2) is 35.3 Å². The zero-order valence-corrected chi connectivity index (χ0v) is 11.6. The van der Waals surface area contributed by atoms with Crippen molar-refractivity contribution < 1.29 is 4.74 Å². The SMILES string of the molecule is CC1(C)CC2(CCO1)CN=C(N)N2c1ccccc1. The molecular weight excluding hydrogens is 238 g/mol. The Balaban J connectivity index is 1.98. The molecule has 4 heteroatoms. The maximum Gasteiger partial charge on any atom is 0.196 e. The first-order valence-corrected chi connectivity index (χ1v) is 6.82. The molecule has 19 heavy (non-hydrogen) atoms. The summed E-state index contributed by atoms with van der Waals surface area (Å²) in [5.74, 6) is 0.629. The number of hydrogen-bond donors (Lipinski definition) is 1. The van der Waals surface area contributed by atoms with Gasteiger partial charge in [0.25, 0.3) is 0 Å². The highest BCUT2D eigenvalue weighted by Crippen LogP contribution is 2.41. The first kappa shape index (κ1) is 12.5. The molecule has 0 saturated carbocycles. The highest BCUT2D eigenvalue weighted by molar-refractivity contribution is 5.98. The fourth-order valence-corrected chi connectivity index (χ4v) is 3.37. The van der Waals surface area contributed by atoms with Gasteiger partial charge >= 0.3 is 0 Å². The number of guanidine groups is 1. The van der Waals surface area contributed by atoms with Gasteiger partial charge in [-0.1, -0.05) is 18.2 Å². The second-order valence-corrected chi connectivity index (χ2v) is 6.10. The van der Waals surface area contributed by atoms with E-state index < -0.39 is 0 Å². The molecule has 1 atom stereocenters. The molecule has 1 unspecified atom stereocenters. The number of rotatable bonds is 1. The van der Waals surface area contributed by atoms with Crippen LogP contribution in [0.5, 0.6) is 0 Å². The Labute approximate surface area is 114 Å². The molecule has 3 rings (SSSR count). The van der Waals surface area contributed by atoms with Crippen LogP contribution in [0.3, 0.4) is 0 Å². The molecule has 2 N–H and O–H groups in total. The van der Waals surface area contributed by atoms with E-state index in [1.165, 1.54) is 0 Å². The number of para-hydroxylation sites is 1. The molecule has 0 aromatic heterocycles.